The van der Waals surface area contributed by atoms with E-state index in [-0.39, 0.29) is 11.9 Å². The van der Waals surface area contributed by atoms with Crippen molar-refractivity contribution in [1.82, 2.24) is 5.32 Å². The second-order valence-electron chi connectivity index (χ2n) is 5.83. The van der Waals surface area contributed by atoms with Crippen molar-refractivity contribution in [3.63, 3.8) is 0 Å². The zero-order valence-electron chi connectivity index (χ0n) is 13.5. The first-order valence-corrected chi connectivity index (χ1v) is 7.92. The van der Waals surface area contributed by atoms with Gasteiger partial charge in [0.25, 0.3) is 0 Å². The third kappa shape index (κ3) is 8.43. The summed E-state index contributed by atoms with van der Waals surface area (Å²) in [7, 11) is 0. The molecule has 1 amide bonds. The quantitative estimate of drug-likeness (QED) is 0.676. The van der Waals surface area contributed by atoms with Gasteiger partial charge in [0.2, 0.25) is 5.91 Å². The van der Waals surface area contributed by atoms with E-state index in [1.807, 2.05) is 32.0 Å². The van der Waals surface area contributed by atoms with Crippen molar-refractivity contribution in [2.24, 2.45) is 5.92 Å². The lowest BCUT2D eigenvalue weighted by Crippen LogP contribution is -2.34. The van der Waals surface area contributed by atoms with Crippen LogP contribution in [0.2, 0.25) is 0 Å². The summed E-state index contributed by atoms with van der Waals surface area (Å²) in [5.74, 6) is 0.324. The number of carbonyl (C=O) groups excluding carboxylic acids is 1. The van der Waals surface area contributed by atoms with E-state index in [2.05, 4.69) is 23.5 Å². The summed E-state index contributed by atoms with van der Waals surface area (Å²) in [6, 6.07) is 11.9. The van der Waals surface area contributed by atoms with Crippen LogP contribution < -0.4 is 5.32 Å². The Labute approximate surface area is 133 Å². The van der Waals surface area contributed by atoms with E-state index < -0.39 is 0 Å². The van der Waals surface area contributed by atoms with Gasteiger partial charge in [-0.2, -0.15) is 5.26 Å². The summed E-state index contributed by atoms with van der Waals surface area (Å²) < 4.78 is 5.54. The Morgan fingerprint density at radius 3 is 2.64 bits per heavy atom. The highest BCUT2D eigenvalue weighted by atomic mass is 16.5. The van der Waals surface area contributed by atoms with Crippen molar-refractivity contribution >= 4 is 5.91 Å². The van der Waals surface area contributed by atoms with Gasteiger partial charge in [0.15, 0.2) is 0 Å². The van der Waals surface area contributed by atoms with Gasteiger partial charge in [-0.15, -0.1) is 0 Å². The Bertz CT molecular complexity index is 466. The Morgan fingerprint density at radius 2 is 2.00 bits per heavy atom. The molecule has 0 fully saturated rings. The fraction of sp³-hybridized carbons (Fsp3) is 0.556. The first-order valence-electron chi connectivity index (χ1n) is 7.92. The molecule has 4 heteroatoms. The largest absolute Gasteiger partial charge is 0.381 e. The van der Waals surface area contributed by atoms with E-state index in [1.54, 1.807) is 0 Å². The molecule has 0 heterocycles. The SMILES string of the molecule is CC(C)C[C@H](C#N)NC(=O)CCCOCCc1ccccc1. The van der Waals surface area contributed by atoms with Gasteiger partial charge in [-0.25, -0.2) is 0 Å². The number of nitriles is 1. The van der Waals surface area contributed by atoms with Crippen molar-refractivity contribution < 1.29 is 9.53 Å². The molecule has 0 saturated heterocycles. The van der Waals surface area contributed by atoms with Crippen LogP contribution in [0.1, 0.15) is 38.7 Å². The Balaban J connectivity index is 2.06. The molecule has 0 aliphatic rings. The molecule has 0 radical (unpaired) electrons. The predicted molar refractivity (Wildman–Crippen MR) is 87.2 cm³/mol. The summed E-state index contributed by atoms with van der Waals surface area (Å²) >= 11 is 0. The van der Waals surface area contributed by atoms with Crippen molar-refractivity contribution in [2.45, 2.75) is 45.6 Å². The minimum Gasteiger partial charge on any atom is -0.381 e. The van der Waals surface area contributed by atoms with Crippen molar-refractivity contribution in [1.29, 1.82) is 5.26 Å². The van der Waals surface area contributed by atoms with Gasteiger partial charge in [0.1, 0.15) is 6.04 Å². The molecule has 0 unspecified atom stereocenters. The fourth-order valence-corrected chi connectivity index (χ4v) is 2.15. The zero-order chi connectivity index (χ0) is 16.2. The van der Waals surface area contributed by atoms with E-state index >= 15 is 0 Å². The number of nitrogens with one attached hydrogen (secondary N) is 1. The van der Waals surface area contributed by atoms with Crippen LogP contribution in [0.25, 0.3) is 0 Å². The molecule has 0 bridgehead atoms. The van der Waals surface area contributed by atoms with Gasteiger partial charge in [-0.1, -0.05) is 44.2 Å². The Morgan fingerprint density at radius 1 is 1.27 bits per heavy atom. The third-order valence-corrected chi connectivity index (χ3v) is 3.27. The molecule has 1 atom stereocenters. The normalized spacial score (nSPS) is 11.9. The highest BCUT2D eigenvalue weighted by Gasteiger charge is 2.12. The molecule has 0 saturated carbocycles. The van der Waals surface area contributed by atoms with Crippen LogP contribution >= 0.6 is 0 Å². The minimum absolute atomic E-state index is 0.0705. The highest BCUT2D eigenvalue weighted by Crippen LogP contribution is 2.04. The lowest BCUT2D eigenvalue weighted by Gasteiger charge is -2.13. The van der Waals surface area contributed by atoms with E-state index in [0.717, 1.165) is 6.42 Å². The van der Waals surface area contributed by atoms with Crippen molar-refractivity contribution in [3.8, 4) is 6.07 Å². The molecule has 1 rings (SSSR count). The molecule has 0 aliphatic carbocycles. The smallest absolute Gasteiger partial charge is 0.221 e. The van der Waals surface area contributed by atoms with Crippen LogP contribution in [-0.4, -0.2) is 25.2 Å². The van der Waals surface area contributed by atoms with Gasteiger partial charge >= 0.3 is 0 Å². The van der Waals surface area contributed by atoms with Crippen LogP contribution in [0.3, 0.4) is 0 Å². The molecular weight excluding hydrogens is 276 g/mol. The van der Waals surface area contributed by atoms with E-state index in [9.17, 15) is 4.79 Å². The molecular formula is C18H26N2O2. The number of hydrogen-bond donors (Lipinski definition) is 1. The molecule has 120 valence electrons. The molecule has 22 heavy (non-hydrogen) atoms. The maximum atomic E-state index is 11.7. The Kier molecular flexibility index (Phi) is 8.94. The average Bonchev–Trinajstić information content (AvgIpc) is 2.50. The van der Waals surface area contributed by atoms with Crippen LogP contribution in [0, 0.1) is 17.2 Å². The molecule has 0 spiro atoms. The summed E-state index contributed by atoms with van der Waals surface area (Å²) in [6.45, 7) is 5.32. The van der Waals surface area contributed by atoms with Gasteiger partial charge in [-0.05, 0) is 30.7 Å². The third-order valence-electron chi connectivity index (χ3n) is 3.27. The number of nitrogens with zero attached hydrogens (tertiary/aromatic N) is 1. The molecule has 1 aromatic carbocycles. The van der Waals surface area contributed by atoms with Gasteiger partial charge in [0.05, 0.1) is 12.7 Å². The van der Waals surface area contributed by atoms with Gasteiger partial charge in [0, 0.05) is 13.0 Å². The standard InChI is InChI=1S/C18H26N2O2/c1-15(2)13-17(14-19)20-18(21)9-6-11-22-12-10-16-7-4-3-5-8-16/h3-5,7-8,15,17H,6,9-13H2,1-2H3,(H,20,21)/t17-/m1/s1. The van der Waals surface area contributed by atoms with Crippen LogP contribution in [0.15, 0.2) is 30.3 Å². The Hall–Kier alpha value is -1.86. The molecule has 1 N–H and O–H groups in total. The lowest BCUT2D eigenvalue weighted by molar-refractivity contribution is -0.121. The first-order chi connectivity index (χ1) is 10.6. The molecule has 0 aliphatic heterocycles. The maximum Gasteiger partial charge on any atom is 0.221 e. The molecule has 1 aromatic rings. The van der Waals surface area contributed by atoms with E-state index in [1.165, 1.54) is 5.56 Å². The fourth-order valence-electron chi connectivity index (χ4n) is 2.15. The van der Waals surface area contributed by atoms with E-state index in [0.29, 0.717) is 38.4 Å². The number of benzene rings is 1. The summed E-state index contributed by atoms with van der Waals surface area (Å²) in [4.78, 5) is 11.7. The summed E-state index contributed by atoms with van der Waals surface area (Å²) in [6.07, 6.45) is 2.66. The number of hydrogen-bond acceptors (Lipinski definition) is 3. The monoisotopic (exact) mass is 302 g/mol. The van der Waals surface area contributed by atoms with E-state index in [4.69, 9.17) is 10.00 Å². The number of ether oxygens (including phenoxy) is 1. The van der Waals surface area contributed by atoms with Crippen LogP contribution in [0.4, 0.5) is 0 Å². The second kappa shape index (κ2) is 10.8. The van der Waals surface area contributed by atoms with Crippen LogP contribution in [0.5, 0.6) is 0 Å². The van der Waals surface area contributed by atoms with Crippen molar-refractivity contribution in [3.05, 3.63) is 35.9 Å². The molecule has 0 aromatic heterocycles. The second-order valence-corrected chi connectivity index (χ2v) is 5.83. The topological polar surface area (TPSA) is 62.1 Å². The average molecular weight is 302 g/mol. The van der Waals surface area contributed by atoms with Gasteiger partial charge in [-0.3, -0.25) is 4.79 Å². The zero-order valence-corrected chi connectivity index (χ0v) is 13.5. The first kappa shape index (κ1) is 18.2. The number of rotatable bonds is 10. The maximum absolute atomic E-state index is 11.7. The molecule has 4 nitrogen and oxygen atoms in total. The van der Waals surface area contributed by atoms with Crippen molar-refractivity contribution in [2.75, 3.05) is 13.2 Å². The highest BCUT2D eigenvalue weighted by molar-refractivity contribution is 5.76. The van der Waals surface area contributed by atoms with Gasteiger partial charge < -0.3 is 10.1 Å². The van der Waals surface area contributed by atoms with Crippen LogP contribution in [-0.2, 0) is 16.0 Å². The number of carbonyl (C=O) groups is 1. The summed E-state index contributed by atoms with van der Waals surface area (Å²) in [5.41, 5.74) is 1.26. The lowest BCUT2D eigenvalue weighted by atomic mass is 10.0. The number of amides is 1. The summed E-state index contributed by atoms with van der Waals surface area (Å²) in [5, 5.41) is 11.7. The minimum atomic E-state index is -0.383. The predicted octanol–water partition coefficient (Wildman–Crippen LogP) is 3.08.